The molecule has 1 aliphatic rings. The predicted octanol–water partition coefficient (Wildman–Crippen LogP) is 1.91. The monoisotopic (exact) mass is 403 g/mol. The summed E-state index contributed by atoms with van der Waals surface area (Å²) < 4.78 is 1.70. The van der Waals surface area contributed by atoms with Crippen molar-refractivity contribution in [2.45, 2.75) is 6.54 Å². The molecule has 8 heteroatoms. The molecule has 1 aliphatic heterocycles. The third-order valence-electron chi connectivity index (χ3n) is 5.07. The van der Waals surface area contributed by atoms with Crippen molar-refractivity contribution in [2.24, 2.45) is 12.0 Å². The summed E-state index contributed by atoms with van der Waals surface area (Å²) in [6, 6.07) is 14.2. The van der Waals surface area contributed by atoms with Crippen LogP contribution in [-0.2, 0) is 18.4 Å². The zero-order chi connectivity index (χ0) is 20.9. The first-order chi connectivity index (χ1) is 14.6. The Balaban J connectivity index is 1.38. The fourth-order valence-electron chi connectivity index (χ4n) is 3.56. The van der Waals surface area contributed by atoms with Crippen LogP contribution in [0, 0.1) is 0 Å². The first kappa shape index (κ1) is 19.6. The van der Waals surface area contributed by atoms with Gasteiger partial charge < -0.3 is 15.1 Å². The Kier molecular flexibility index (Phi) is 5.74. The van der Waals surface area contributed by atoms with Crippen molar-refractivity contribution in [3.05, 3.63) is 66.6 Å². The second-order valence-electron chi connectivity index (χ2n) is 7.16. The van der Waals surface area contributed by atoms with Gasteiger partial charge in [0.15, 0.2) is 5.96 Å². The summed E-state index contributed by atoms with van der Waals surface area (Å²) in [5, 5.41) is 7.54. The summed E-state index contributed by atoms with van der Waals surface area (Å²) in [7, 11) is 3.59. The van der Waals surface area contributed by atoms with E-state index in [-0.39, 0.29) is 12.5 Å². The van der Waals surface area contributed by atoms with Crippen LogP contribution in [0.25, 0.3) is 11.3 Å². The number of amides is 1. The first-order valence-electron chi connectivity index (χ1n) is 9.89. The maximum absolute atomic E-state index is 12.7. The number of carbonyl (C=O) groups excluding carboxylic acids is 1. The second kappa shape index (κ2) is 8.77. The molecule has 4 rings (SSSR count). The highest BCUT2D eigenvalue weighted by Crippen LogP contribution is 2.18. The van der Waals surface area contributed by atoms with E-state index in [9.17, 15) is 4.79 Å². The summed E-state index contributed by atoms with van der Waals surface area (Å²) in [4.78, 5) is 25.2. The number of benzene rings is 1. The van der Waals surface area contributed by atoms with Gasteiger partial charge in [-0.3, -0.25) is 19.5 Å². The van der Waals surface area contributed by atoms with Crippen molar-refractivity contribution in [1.82, 2.24) is 25.0 Å². The number of aryl methyl sites for hydroxylation is 1. The molecule has 3 heterocycles. The number of aromatic nitrogens is 3. The zero-order valence-electron chi connectivity index (χ0n) is 17.2. The van der Waals surface area contributed by atoms with Gasteiger partial charge in [-0.25, -0.2) is 0 Å². The molecule has 0 atom stereocenters. The number of aliphatic imine (C=N–C) groups is 1. The molecule has 154 valence electrons. The molecule has 30 heavy (non-hydrogen) atoms. The van der Waals surface area contributed by atoms with Gasteiger partial charge in [-0.15, -0.1) is 0 Å². The highest BCUT2D eigenvalue weighted by atomic mass is 16.2. The zero-order valence-corrected chi connectivity index (χ0v) is 17.2. The van der Waals surface area contributed by atoms with Crippen LogP contribution in [0.3, 0.4) is 0 Å². The minimum atomic E-state index is 0.0364. The number of nitrogens with one attached hydrogen (secondary N) is 1. The van der Waals surface area contributed by atoms with Crippen molar-refractivity contribution in [2.75, 3.05) is 31.6 Å². The molecule has 8 nitrogen and oxygen atoms in total. The van der Waals surface area contributed by atoms with E-state index in [0.717, 1.165) is 28.5 Å². The minimum Gasteiger partial charge on any atom is -0.352 e. The number of anilines is 1. The van der Waals surface area contributed by atoms with Gasteiger partial charge >= 0.3 is 0 Å². The van der Waals surface area contributed by atoms with E-state index in [2.05, 4.69) is 38.6 Å². The van der Waals surface area contributed by atoms with Gasteiger partial charge in [-0.2, -0.15) is 5.10 Å². The highest BCUT2D eigenvalue weighted by Gasteiger charge is 2.27. The summed E-state index contributed by atoms with van der Waals surface area (Å²) in [6.45, 7) is 2.20. The number of guanidine groups is 1. The average molecular weight is 403 g/mol. The van der Waals surface area contributed by atoms with E-state index in [4.69, 9.17) is 0 Å². The summed E-state index contributed by atoms with van der Waals surface area (Å²) in [5.41, 5.74) is 3.97. The van der Waals surface area contributed by atoms with Crippen molar-refractivity contribution in [1.29, 1.82) is 0 Å². The van der Waals surface area contributed by atoms with Crippen LogP contribution in [0.4, 0.5) is 5.69 Å². The van der Waals surface area contributed by atoms with Gasteiger partial charge in [0.05, 0.1) is 17.6 Å². The van der Waals surface area contributed by atoms with Crippen molar-refractivity contribution >= 4 is 17.6 Å². The molecule has 0 spiro atoms. The van der Waals surface area contributed by atoms with Crippen LogP contribution in [0.15, 0.2) is 66.0 Å². The third-order valence-corrected chi connectivity index (χ3v) is 5.07. The molecule has 0 radical (unpaired) electrons. The van der Waals surface area contributed by atoms with Crippen LogP contribution < -0.4 is 10.2 Å². The molecule has 0 bridgehead atoms. The van der Waals surface area contributed by atoms with Gasteiger partial charge in [-0.1, -0.05) is 24.3 Å². The molecule has 3 aromatic rings. The van der Waals surface area contributed by atoms with Gasteiger partial charge in [0.2, 0.25) is 5.91 Å². The summed E-state index contributed by atoms with van der Waals surface area (Å²) >= 11 is 0. The van der Waals surface area contributed by atoms with E-state index in [0.29, 0.717) is 19.6 Å². The van der Waals surface area contributed by atoms with Gasteiger partial charge in [0.1, 0.15) is 6.54 Å². The maximum atomic E-state index is 12.7. The van der Waals surface area contributed by atoms with E-state index in [1.807, 2.05) is 42.4 Å². The average Bonchev–Trinajstić information content (AvgIpc) is 3.21. The smallest absolute Gasteiger partial charge is 0.246 e. The standard InChI is InChI=1S/C22H25N7O/c1-23-22(28-10-11-29(21(30)16-28)19-14-26-27(2)15-19)25-13-17-6-5-7-18(12-17)20-8-3-4-9-24-20/h3-9,12,14-15H,10-11,13,16H2,1-2H3,(H,23,25). The lowest BCUT2D eigenvalue weighted by atomic mass is 10.1. The Morgan fingerprint density at radius 3 is 2.80 bits per heavy atom. The van der Waals surface area contributed by atoms with Gasteiger partial charge in [0, 0.05) is 51.7 Å². The molecule has 0 aliphatic carbocycles. The summed E-state index contributed by atoms with van der Waals surface area (Å²) in [5.74, 6) is 0.756. The van der Waals surface area contributed by atoms with E-state index >= 15 is 0 Å². The van der Waals surface area contributed by atoms with Crippen LogP contribution in [-0.4, -0.2) is 58.2 Å². The fraction of sp³-hybridized carbons (Fsp3) is 0.273. The number of hydrogen-bond acceptors (Lipinski definition) is 4. The SMILES string of the molecule is CN=C(NCc1cccc(-c2ccccn2)c1)N1CCN(c2cnn(C)c2)C(=O)C1. The van der Waals surface area contributed by atoms with E-state index in [1.165, 1.54) is 0 Å². The Labute approximate surface area is 175 Å². The molecule has 2 aromatic heterocycles. The molecular formula is C22H25N7O. The molecule has 0 saturated carbocycles. The van der Waals surface area contributed by atoms with E-state index in [1.54, 1.807) is 29.0 Å². The van der Waals surface area contributed by atoms with Gasteiger partial charge in [0.25, 0.3) is 0 Å². The molecule has 1 saturated heterocycles. The van der Waals surface area contributed by atoms with E-state index < -0.39 is 0 Å². The third kappa shape index (κ3) is 4.32. The number of carbonyl (C=O) groups is 1. The van der Waals surface area contributed by atoms with Crippen molar-refractivity contribution < 1.29 is 4.79 Å². The number of pyridine rings is 1. The lowest BCUT2D eigenvalue weighted by Crippen LogP contribution is -2.55. The highest BCUT2D eigenvalue weighted by molar-refractivity contribution is 5.98. The normalized spacial score (nSPS) is 14.9. The molecule has 1 aromatic carbocycles. The Morgan fingerprint density at radius 2 is 2.10 bits per heavy atom. The van der Waals surface area contributed by atoms with Crippen LogP contribution in [0.1, 0.15) is 5.56 Å². The number of hydrogen-bond donors (Lipinski definition) is 1. The Hall–Kier alpha value is -3.68. The Morgan fingerprint density at radius 1 is 1.20 bits per heavy atom. The number of nitrogens with zero attached hydrogens (tertiary/aromatic N) is 6. The first-order valence-corrected chi connectivity index (χ1v) is 9.89. The van der Waals surface area contributed by atoms with Crippen LogP contribution in [0.5, 0.6) is 0 Å². The molecule has 1 fully saturated rings. The number of piperazine rings is 1. The van der Waals surface area contributed by atoms with Crippen molar-refractivity contribution in [3.8, 4) is 11.3 Å². The predicted molar refractivity (Wildman–Crippen MR) is 117 cm³/mol. The largest absolute Gasteiger partial charge is 0.352 e. The minimum absolute atomic E-state index is 0.0364. The molecule has 1 amide bonds. The van der Waals surface area contributed by atoms with Crippen LogP contribution >= 0.6 is 0 Å². The lowest BCUT2D eigenvalue weighted by Gasteiger charge is -2.35. The lowest BCUT2D eigenvalue weighted by molar-refractivity contribution is -0.120. The van der Waals surface area contributed by atoms with Crippen molar-refractivity contribution in [3.63, 3.8) is 0 Å². The second-order valence-corrected chi connectivity index (χ2v) is 7.16. The fourth-order valence-corrected chi connectivity index (χ4v) is 3.56. The molecule has 0 unspecified atom stereocenters. The Bertz CT molecular complexity index is 1040. The number of rotatable bonds is 4. The molecular weight excluding hydrogens is 378 g/mol. The topological polar surface area (TPSA) is 78.7 Å². The summed E-state index contributed by atoms with van der Waals surface area (Å²) in [6.07, 6.45) is 5.37. The quantitative estimate of drug-likeness (QED) is 0.532. The van der Waals surface area contributed by atoms with Gasteiger partial charge in [-0.05, 0) is 23.8 Å². The van der Waals surface area contributed by atoms with Crippen LogP contribution in [0.2, 0.25) is 0 Å². The maximum Gasteiger partial charge on any atom is 0.246 e. The molecule has 1 N–H and O–H groups in total.